The Kier molecular flexibility index (Phi) is 10.6. The zero-order valence-corrected chi connectivity index (χ0v) is 28.9. The molecule has 1 aliphatic heterocycles. The lowest BCUT2D eigenvalue weighted by Gasteiger charge is -2.33. The minimum Gasteiger partial charge on any atom is -0.481 e. The number of amides is 1. The first-order valence-electron chi connectivity index (χ1n) is 16.1. The zero-order chi connectivity index (χ0) is 34.8. The molecule has 3 aliphatic rings. The monoisotopic (exact) mass is 731 g/mol. The number of hydrogen-bond acceptors (Lipinski definition) is 10. The smallest absolute Gasteiger partial charge is 0.306 e. The van der Waals surface area contributed by atoms with E-state index in [4.69, 9.17) is 42.3 Å². The number of esters is 1. The van der Waals surface area contributed by atoms with Crippen molar-refractivity contribution in [3.05, 3.63) is 69.4 Å². The molecule has 0 spiro atoms. The summed E-state index contributed by atoms with van der Waals surface area (Å²) in [6.07, 6.45) is 2.06. The predicted octanol–water partition coefficient (Wildman–Crippen LogP) is 5.64. The maximum absolute atomic E-state index is 12.9. The Morgan fingerprint density at radius 1 is 1.08 bits per heavy atom. The molecule has 2 N–H and O–H groups in total. The minimum absolute atomic E-state index is 0.0589. The van der Waals surface area contributed by atoms with Gasteiger partial charge in [-0.05, 0) is 69.0 Å². The first kappa shape index (κ1) is 34.9. The fraction of sp³-hybridized carbons (Fsp3) is 0.441. The van der Waals surface area contributed by atoms with Crippen LogP contribution >= 0.6 is 23.2 Å². The number of fused-ring (bicyclic) bond motifs is 2. The van der Waals surface area contributed by atoms with Gasteiger partial charge in [0.1, 0.15) is 22.5 Å². The highest BCUT2D eigenvalue weighted by molar-refractivity contribution is 7.72. The zero-order valence-electron chi connectivity index (χ0n) is 26.6. The van der Waals surface area contributed by atoms with Gasteiger partial charge in [-0.1, -0.05) is 34.4 Å². The number of carbonyl (C=O) groups excluding carboxylic acids is 2. The summed E-state index contributed by atoms with van der Waals surface area (Å²) in [6, 6.07) is 12.6. The maximum Gasteiger partial charge on any atom is 0.306 e. The van der Waals surface area contributed by atoms with Gasteiger partial charge in [0.15, 0.2) is 0 Å². The molecule has 1 unspecified atom stereocenters. The fourth-order valence-electron chi connectivity index (χ4n) is 6.62. The molecule has 0 radical (unpaired) electrons. The minimum atomic E-state index is -2.77. The second kappa shape index (κ2) is 14.9. The number of rotatable bonds is 13. The number of carboxylic acid groups (broad SMARTS) is 1. The van der Waals surface area contributed by atoms with Gasteiger partial charge in [0.05, 0.1) is 35.6 Å². The van der Waals surface area contributed by atoms with Crippen LogP contribution in [-0.4, -0.2) is 66.3 Å². The van der Waals surface area contributed by atoms with Crippen LogP contribution in [0, 0.1) is 5.92 Å². The van der Waals surface area contributed by atoms with Crippen molar-refractivity contribution in [2.24, 2.45) is 5.92 Å². The van der Waals surface area contributed by atoms with Gasteiger partial charge in [0.2, 0.25) is 10.3 Å². The van der Waals surface area contributed by atoms with E-state index < -0.39 is 40.7 Å². The molecule has 2 saturated carbocycles. The standard InChI is InChI=1S/C34H35Cl2N3O9S/c1-18(47-30(42)12-11-29(40)41)13-28(49(44)45)37-34(43)20-7-9-22(10-8-20)39-16-21-14-23(39)15-27(21)46-17-24-32(38-48-33(24)19-5-6-19)31-25(35)3-2-4-26(31)36/h2-4,7-10,18-19,21,23,27H,5-6,11-17H2,1H3,(H,37,43)(H,40,41)/t18?,21-,23-,27+/m0/s1. The summed E-state index contributed by atoms with van der Waals surface area (Å²) in [5, 5.41) is 16.5. The molecule has 260 valence electrons. The Bertz CT molecular complexity index is 1860. The van der Waals surface area contributed by atoms with E-state index in [9.17, 15) is 22.8 Å². The summed E-state index contributed by atoms with van der Waals surface area (Å²) in [6.45, 7) is 2.60. The molecule has 12 nitrogen and oxygen atoms in total. The highest BCUT2D eigenvalue weighted by atomic mass is 35.5. The second-order valence-electron chi connectivity index (χ2n) is 12.7. The number of halogens is 2. The molecule has 2 aliphatic carbocycles. The van der Waals surface area contributed by atoms with Gasteiger partial charge < -0.3 is 29.3 Å². The first-order valence-corrected chi connectivity index (χ1v) is 17.9. The van der Waals surface area contributed by atoms with Crippen molar-refractivity contribution >= 4 is 62.0 Å². The summed E-state index contributed by atoms with van der Waals surface area (Å²) < 4.78 is 41.0. The van der Waals surface area contributed by atoms with Crippen LogP contribution in [-0.2, 0) is 36.0 Å². The van der Waals surface area contributed by atoms with E-state index in [0.29, 0.717) is 39.7 Å². The van der Waals surface area contributed by atoms with Crippen LogP contribution in [0.2, 0.25) is 10.0 Å². The van der Waals surface area contributed by atoms with E-state index >= 15 is 0 Å². The summed E-state index contributed by atoms with van der Waals surface area (Å²) in [5.74, 6) is -1.05. The second-order valence-corrected chi connectivity index (χ2v) is 14.5. The summed E-state index contributed by atoms with van der Waals surface area (Å²) >= 11 is 13.0. The van der Waals surface area contributed by atoms with Gasteiger partial charge in [-0.3, -0.25) is 14.4 Å². The Hall–Kier alpha value is -3.91. The number of benzene rings is 2. The molecule has 3 aromatic rings. The third-order valence-electron chi connectivity index (χ3n) is 9.15. The SMILES string of the molecule is CC(CC(NC(=O)c1ccc(N2C[C@@H]3C[C@H]2C[C@H]3OCc2c(-c3c(Cl)cccc3Cl)noc2C2CC2)cc1)=S(=O)=O)OC(=O)CCC(=O)O. The first-order chi connectivity index (χ1) is 23.5. The fourth-order valence-corrected chi connectivity index (χ4v) is 7.75. The van der Waals surface area contributed by atoms with Crippen molar-refractivity contribution in [2.75, 3.05) is 11.4 Å². The van der Waals surface area contributed by atoms with E-state index in [0.717, 1.165) is 49.2 Å². The Balaban J connectivity index is 1.04. The lowest BCUT2D eigenvalue weighted by Crippen LogP contribution is -2.38. The third-order valence-corrected chi connectivity index (χ3v) is 10.4. The quantitative estimate of drug-likeness (QED) is 0.165. The molecular formula is C34H35Cl2N3O9S. The van der Waals surface area contributed by atoms with Crippen molar-refractivity contribution in [2.45, 2.75) is 82.6 Å². The Labute approximate surface area is 294 Å². The van der Waals surface area contributed by atoms with Crippen LogP contribution in [0.4, 0.5) is 5.69 Å². The number of piperidine rings is 1. The van der Waals surface area contributed by atoms with Crippen molar-refractivity contribution in [1.82, 2.24) is 10.5 Å². The molecule has 2 heterocycles. The van der Waals surface area contributed by atoms with Crippen LogP contribution in [0.3, 0.4) is 0 Å². The predicted molar refractivity (Wildman–Crippen MR) is 181 cm³/mol. The van der Waals surface area contributed by atoms with E-state index in [1.165, 1.54) is 6.92 Å². The molecule has 3 fully saturated rings. The molecular weight excluding hydrogens is 697 g/mol. The lowest BCUT2D eigenvalue weighted by molar-refractivity contribution is -0.151. The molecule has 1 amide bonds. The van der Waals surface area contributed by atoms with Gasteiger partial charge in [-0.15, -0.1) is 0 Å². The molecule has 4 atom stereocenters. The number of aromatic nitrogens is 1. The maximum atomic E-state index is 12.9. The molecule has 2 aromatic carbocycles. The number of carboxylic acids is 1. The summed E-state index contributed by atoms with van der Waals surface area (Å²) in [7, 11) is -2.77. The molecule has 6 rings (SSSR count). The number of nitrogens with zero attached hydrogens (tertiary/aromatic N) is 2. The van der Waals surface area contributed by atoms with Crippen molar-refractivity contribution < 1.29 is 41.9 Å². The van der Waals surface area contributed by atoms with E-state index in [-0.39, 0.29) is 35.5 Å². The summed E-state index contributed by atoms with van der Waals surface area (Å²) in [4.78, 5) is 37.3. The largest absolute Gasteiger partial charge is 0.481 e. The molecule has 1 saturated heterocycles. The van der Waals surface area contributed by atoms with Crippen LogP contribution in [0.25, 0.3) is 11.3 Å². The third kappa shape index (κ3) is 8.12. The van der Waals surface area contributed by atoms with E-state index in [1.807, 2.05) is 12.1 Å². The molecule has 1 aromatic heterocycles. The Morgan fingerprint density at radius 3 is 2.41 bits per heavy atom. The van der Waals surface area contributed by atoms with Gasteiger partial charge in [-0.2, -0.15) is 8.42 Å². The number of carbonyl (C=O) groups is 3. The average Bonchev–Trinajstić information content (AvgIpc) is 3.51. The number of aliphatic carboxylic acids is 1. The van der Waals surface area contributed by atoms with Crippen LogP contribution in [0.5, 0.6) is 0 Å². The molecule has 49 heavy (non-hydrogen) atoms. The Morgan fingerprint density at radius 2 is 1.80 bits per heavy atom. The van der Waals surface area contributed by atoms with Crippen LogP contribution < -0.4 is 10.2 Å². The van der Waals surface area contributed by atoms with Crippen LogP contribution in [0.15, 0.2) is 47.0 Å². The lowest BCUT2D eigenvalue weighted by atomic mass is 10.0. The number of hydrogen-bond donors (Lipinski definition) is 2. The normalized spacial score (nSPS) is 20.2. The topological polar surface area (TPSA) is 165 Å². The average molecular weight is 733 g/mol. The number of anilines is 1. The van der Waals surface area contributed by atoms with Crippen LogP contribution in [0.1, 0.15) is 79.5 Å². The molecule has 2 bridgehead atoms. The van der Waals surface area contributed by atoms with E-state index in [1.54, 1.807) is 30.3 Å². The van der Waals surface area contributed by atoms with Crippen molar-refractivity contribution in [3.8, 4) is 11.3 Å². The molecule has 15 heteroatoms. The number of nitrogens with one attached hydrogen (secondary N) is 1. The van der Waals surface area contributed by atoms with Gasteiger partial charge in [0, 0.05) is 53.2 Å². The van der Waals surface area contributed by atoms with Crippen molar-refractivity contribution in [3.63, 3.8) is 0 Å². The van der Waals surface area contributed by atoms with Gasteiger partial charge >= 0.3 is 11.9 Å². The van der Waals surface area contributed by atoms with Gasteiger partial charge in [0.25, 0.3) is 5.91 Å². The highest BCUT2D eigenvalue weighted by Crippen LogP contribution is 2.47. The van der Waals surface area contributed by atoms with Gasteiger partial charge in [-0.25, -0.2) is 0 Å². The highest BCUT2D eigenvalue weighted by Gasteiger charge is 2.46. The van der Waals surface area contributed by atoms with E-state index in [2.05, 4.69) is 15.4 Å². The number of ether oxygens (including phenoxy) is 2. The van der Waals surface area contributed by atoms with Crippen molar-refractivity contribution in [1.29, 1.82) is 0 Å². The summed E-state index contributed by atoms with van der Waals surface area (Å²) in [5.41, 5.74) is 3.39.